The molecule has 0 heterocycles. The van der Waals surface area contributed by atoms with Crippen molar-refractivity contribution < 1.29 is 0 Å². The van der Waals surface area contributed by atoms with Crippen LogP contribution in [0.4, 0.5) is 0 Å². The molecule has 0 N–H and O–H groups in total. The van der Waals surface area contributed by atoms with Gasteiger partial charge in [0.2, 0.25) is 0 Å². The predicted octanol–water partition coefficient (Wildman–Crippen LogP) is 3.00. The Balaban J connectivity index is 2.81. The zero-order valence-electron chi connectivity index (χ0n) is 7.46. The van der Waals surface area contributed by atoms with Gasteiger partial charge in [0.05, 0.1) is 0 Å². The highest BCUT2D eigenvalue weighted by atomic mass is 13.8. The second-order valence-corrected chi connectivity index (χ2v) is 2.59. The van der Waals surface area contributed by atoms with E-state index in [1.165, 1.54) is 0 Å². The minimum absolute atomic E-state index is 1.07. The SMILES string of the molecule is C/C=C(\C)C#Cc1ccccc1. The maximum Gasteiger partial charge on any atom is 0.0248 e. The van der Waals surface area contributed by atoms with Crippen LogP contribution in [-0.2, 0) is 0 Å². The molecule has 0 unspecified atom stereocenters. The van der Waals surface area contributed by atoms with Gasteiger partial charge in [0.15, 0.2) is 0 Å². The summed E-state index contributed by atoms with van der Waals surface area (Å²) in [7, 11) is 0. The van der Waals surface area contributed by atoms with E-state index in [0.717, 1.165) is 11.1 Å². The summed E-state index contributed by atoms with van der Waals surface area (Å²) in [5, 5.41) is 0. The molecule has 0 saturated carbocycles. The third-order valence-corrected chi connectivity index (χ3v) is 1.61. The summed E-state index contributed by atoms with van der Waals surface area (Å²) in [5.41, 5.74) is 2.18. The van der Waals surface area contributed by atoms with E-state index in [-0.39, 0.29) is 0 Å². The molecule has 12 heavy (non-hydrogen) atoms. The Labute approximate surface area is 73.9 Å². The number of rotatable bonds is 0. The molecule has 0 aliphatic rings. The maximum atomic E-state index is 3.08. The average Bonchev–Trinajstić information content (AvgIpc) is 2.16. The highest BCUT2D eigenvalue weighted by Crippen LogP contribution is 1.96. The smallest absolute Gasteiger partial charge is 0.0248 e. The topological polar surface area (TPSA) is 0 Å². The van der Waals surface area contributed by atoms with Crippen LogP contribution in [0.5, 0.6) is 0 Å². The predicted molar refractivity (Wildman–Crippen MR) is 52.8 cm³/mol. The normalized spacial score (nSPS) is 10.3. The summed E-state index contributed by atoms with van der Waals surface area (Å²) in [5.74, 6) is 6.14. The molecule has 0 spiro atoms. The van der Waals surface area contributed by atoms with E-state index in [1.54, 1.807) is 0 Å². The van der Waals surface area contributed by atoms with Gasteiger partial charge in [-0.15, -0.1) is 0 Å². The second-order valence-electron chi connectivity index (χ2n) is 2.59. The maximum absolute atomic E-state index is 3.08. The van der Waals surface area contributed by atoms with Gasteiger partial charge in [0.25, 0.3) is 0 Å². The number of benzene rings is 1. The number of hydrogen-bond donors (Lipinski definition) is 0. The van der Waals surface area contributed by atoms with Gasteiger partial charge in [-0.25, -0.2) is 0 Å². The van der Waals surface area contributed by atoms with Crippen molar-refractivity contribution in [1.82, 2.24) is 0 Å². The van der Waals surface area contributed by atoms with Crippen LogP contribution in [0, 0.1) is 11.8 Å². The standard InChI is InChI=1S/C12H12/c1-3-11(2)9-10-12-7-5-4-6-8-12/h3-8H,1-2H3/b11-3+. The molecule has 0 fully saturated rings. The molecular weight excluding hydrogens is 144 g/mol. The highest BCUT2D eigenvalue weighted by Gasteiger charge is 1.80. The zero-order valence-corrected chi connectivity index (χ0v) is 7.46. The van der Waals surface area contributed by atoms with Crippen molar-refractivity contribution in [3.63, 3.8) is 0 Å². The first kappa shape index (κ1) is 8.62. The molecule has 0 amide bonds. The van der Waals surface area contributed by atoms with Crippen LogP contribution in [0.3, 0.4) is 0 Å². The lowest BCUT2D eigenvalue weighted by molar-refractivity contribution is 1.52. The van der Waals surface area contributed by atoms with Crippen LogP contribution in [0.15, 0.2) is 42.0 Å². The quantitative estimate of drug-likeness (QED) is 0.506. The summed E-state index contributed by atoms with van der Waals surface area (Å²) >= 11 is 0. The summed E-state index contributed by atoms with van der Waals surface area (Å²) in [6.07, 6.45) is 2.01. The molecule has 0 bridgehead atoms. The van der Waals surface area contributed by atoms with Crippen LogP contribution in [0.25, 0.3) is 0 Å². The molecule has 0 saturated heterocycles. The van der Waals surface area contributed by atoms with Crippen molar-refractivity contribution in [2.75, 3.05) is 0 Å². The molecule has 0 nitrogen and oxygen atoms in total. The van der Waals surface area contributed by atoms with Gasteiger partial charge in [-0.05, 0) is 31.6 Å². The van der Waals surface area contributed by atoms with Crippen LogP contribution >= 0.6 is 0 Å². The minimum Gasteiger partial charge on any atom is -0.0763 e. The fraction of sp³-hybridized carbons (Fsp3) is 0.167. The molecule has 0 aromatic heterocycles. The monoisotopic (exact) mass is 156 g/mol. The lowest BCUT2D eigenvalue weighted by Gasteiger charge is -1.86. The third kappa shape index (κ3) is 2.64. The van der Waals surface area contributed by atoms with E-state index in [0.29, 0.717) is 0 Å². The lowest BCUT2D eigenvalue weighted by Crippen LogP contribution is -1.71. The van der Waals surface area contributed by atoms with E-state index in [2.05, 4.69) is 11.8 Å². The van der Waals surface area contributed by atoms with Gasteiger partial charge in [-0.2, -0.15) is 0 Å². The van der Waals surface area contributed by atoms with Crippen molar-refractivity contribution >= 4 is 0 Å². The molecule has 60 valence electrons. The fourth-order valence-electron chi connectivity index (χ4n) is 0.764. The van der Waals surface area contributed by atoms with Crippen LogP contribution in [0.2, 0.25) is 0 Å². The third-order valence-electron chi connectivity index (χ3n) is 1.61. The Morgan fingerprint density at radius 3 is 2.50 bits per heavy atom. The van der Waals surface area contributed by atoms with Gasteiger partial charge in [-0.1, -0.05) is 36.1 Å². The molecule has 1 aromatic rings. The van der Waals surface area contributed by atoms with E-state index in [9.17, 15) is 0 Å². The van der Waals surface area contributed by atoms with Crippen molar-refractivity contribution in [2.45, 2.75) is 13.8 Å². The zero-order chi connectivity index (χ0) is 8.81. The molecular formula is C12H12. The lowest BCUT2D eigenvalue weighted by atomic mass is 10.2. The Morgan fingerprint density at radius 2 is 1.92 bits per heavy atom. The van der Waals surface area contributed by atoms with Gasteiger partial charge in [0.1, 0.15) is 0 Å². The Hall–Kier alpha value is -1.48. The molecule has 1 aromatic carbocycles. The largest absolute Gasteiger partial charge is 0.0763 e. The summed E-state index contributed by atoms with van der Waals surface area (Å²) < 4.78 is 0. The number of allylic oxidation sites excluding steroid dienone is 2. The van der Waals surface area contributed by atoms with E-state index >= 15 is 0 Å². The minimum atomic E-state index is 1.07. The van der Waals surface area contributed by atoms with E-state index in [1.807, 2.05) is 50.3 Å². The van der Waals surface area contributed by atoms with Crippen molar-refractivity contribution in [3.05, 3.63) is 47.5 Å². The molecule has 0 aliphatic carbocycles. The van der Waals surface area contributed by atoms with E-state index in [4.69, 9.17) is 0 Å². The first-order valence-electron chi connectivity index (χ1n) is 4.03. The molecule has 0 radical (unpaired) electrons. The molecule has 0 heteroatoms. The first-order valence-corrected chi connectivity index (χ1v) is 4.03. The Bertz CT molecular complexity index is 320. The Morgan fingerprint density at radius 1 is 1.25 bits per heavy atom. The average molecular weight is 156 g/mol. The second kappa shape index (κ2) is 4.41. The van der Waals surface area contributed by atoms with Crippen molar-refractivity contribution in [1.29, 1.82) is 0 Å². The first-order chi connectivity index (χ1) is 5.83. The van der Waals surface area contributed by atoms with E-state index < -0.39 is 0 Å². The van der Waals surface area contributed by atoms with Crippen molar-refractivity contribution in [3.8, 4) is 11.8 Å². The Kier molecular flexibility index (Phi) is 3.17. The molecule has 1 rings (SSSR count). The number of hydrogen-bond acceptors (Lipinski definition) is 0. The van der Waals surface area contributed by atoms with Crippen molar-refractivity contribution in [2.24, 2.45) is 0 Å². The van der Waals surface area contributed by atoms with Crippen LogP contribution in [-0.4, -0.2) is 0 Å². The molecule has 0 aliphatic heterocycles. The van der Waals surface area contributed by atoms with Gasteiger partial charge in [0, 0.05) is 5.56 Å². The van der Waals surface area contributed by atoms with Gasteiger partial charge in [-0.3, -0.25) is 0 Å². The summed E-state index contributed by atoms with van der Waals surface area (Å²) in [6, 6.07) is 10.0. The highest BCUT2D eigenvalue weighted by molar-refractivity contribution is 5.39. The van der Waals surface area contributed by atoms with Gasteiger partial charge >= 0.3 is 0 Å². The van der Waals surface area contributed by atoms with Crippen LogP contribution < -0.4 is 0 Å². The summed E-state index contributed by atoms with van der Waals surface area (Å²) in [4.78, 5) is 0. The van der Waals surface area contributed by atoms with Gasteiger partial charge < -0.3 is 0 Å². The fourth-order valence-corrected chi connectivity index (χ4v) is 0.764. The summed E-state index contributed by atoms with van der Waals surface area (Å²) in [6.45, 7) is 4.00. The van der Waals surface area contributed by atoms with Crippen LogP contribution in [0.1, 0.15) is 19.4 Å². The molecule has 0 atom stereocenters.